The lowest BCUT2D eigenvalue weighted by atomic mass is 9.92. The van der Waals surface area contributed by atoms with Crippen molar-refractivity contribution in [2.45, 2.75) is 81.7 Å². The average Bonchev–Trinajstić information content (AvgIpc) is 3.50. The highest BCUT2D eigenvalue weighted by Crippen LogP contribution is 2.28. The molecule has 5 atom stereocenters. The van der Waals surface area contributed by atoms with Crippen LogP contribution in [0.5, 0.6) is 0 Å². The van der Waals surface area contributed by atoms with Gasteiger partial charge < -0.3 is 37.0 Å². The molecular formula is C29H44N6O6S2. The topological polar surface area (TPSA) is 188 Å². The van der Waals surface area contributed by atoms with Gasteiger partial charge in [-0.3, -0.25) is 19.2 Å². The Morgan fingerprint density at radius 1 is 1.05 bits per heavy atom. The summed E-state index contributed by atoms with van der Waals surface area (Å²) in [6.07, 6.45) is 5.16. The largest absolute Gasteiger partial charge is 0.480 e. The van der Waals surface area contributed by atoms with E-state index in [0.717, 1.165) is 17.5 Å². The summed E-state index contributed by atoms with van der Waals surface area (Å²) in [7, 11) is 0. The minimum absolute atomic E-state index is 0.0201. The van der Waals surface area contributed by atoms with Gasteiger partial charge in [-0.15, -0.1) is 0 Å². The zero-order valence-electron chi connectivity index (χ0n) is 24.6. The lowest BCUT2D eigenvalue weighted by Crippen LogP contribution is -2.60. The molecule has 1 fully saturated rings. The van der Waals surface area contributed by atoms with Gasteiger partial charge in [0.2, 0.25) is 23.6 Å². The highest BCUT2D eigenvalue weighted by molar-refractivity contribution is 7.98. The molecule has 1 aromatic carbocycles. The molecule has 0 saturated carbocycles. The van der Waals surface area contributed by atoms with Crippen LogP contribution in [-0.4, -0.2) is 106 Å². The third-order valence-electron chi connectivity index (χ3n) is 7.98. The molecule has 4 amide bonds. The number of thioether (sulfide) groups is 1. The molecule has 238 valence electrons. The minimum Gasteiger partial charge on any atom is -0.480 e. The number of benzene rings is 1. The maximum absolute atomic E-state index is 14.1. The number of nitrogens with one attached hydrogen (secondary N) is 2. The Balaban J connectivity index is 1.79. The lowest BCUT2D eigenvalue weighted by Gasteiger charge is -2.39. The molecule has 0 aromatic heterocycles. The summed E-state index contributed by atoms with van der Waals surface area (Å²) >= 11 is 5.77. The number of nitrogens with two attached hydrogens (primary N) is 2. The maximum Gasteiger partial charge on any atom is 0.326 e. The number of carboxylic acid groups (broad SMARTS) is 1. The number of hydrogen-bond acceptors (Lipinski definition) is 9. The predicted molar refractivity (Wildman–Crippen MR) is 168 cm³/mol. The zero-order valence-corrected chi connectivity index (χ0v) is 26.3. The van der Waals surface area contributed by atoms with Crippen molar-refractivity contribution in [2.75, 3.05) is 30.9 Å². The van der Waals surface area contributed by atoms with Crippen molar-refractivity contribution in [1.29, 1.82) is 0 Å². The van der Waals surface area contributed by atoms with Crippen LogP contribution in [0.3, 0.4) is 0 Å². The lowest BCUT2D eigenvalue weighted by molar-refractivity contribution is -0.151. The van der Waals surface area contributed by atoms with Crippen molar-refractivity contribution in [2.24, 2.45) is 11.5 Å². The zero-order chi connectivity index (χ0) is 31.5. The van der Waals surface area contributed by atoms with Crippen molar-refractivity contribution in [3.05, 3.63) is 35.4 Å². The monoisotopic (exact) mass is 636 g/mol. The fourth-order valence-corrected chi connectivity index (χ4v) is 6.25. The van der Waals surface area contributed by atoms with Crippen LogP contribution < -0.4 is 22.1 Å². The van der Waals surface area contributed by atoms with Gasteiger partial charge in [0.15, 0.2) is 0 Å². The molecule has 2 aliphatic rings. The Hall–Kier alpha value is -2.81. The SMILES string of the molecule is CSCC[C@H](NC(=O)[C@H]1Cc2ccccc2CN1C(=O)[C@H]1CCCN1C(=O)[C@H](CS)NC(=O)[C@@H](N)CCCCN)C(=O)O. The number of carboxylic acids is 1. The first-order valence-electron chi connectivity index (χ1n) is 14.7. The second kappa shape index (κ2) is 16.9. The molecule has 0 unspecified atom stereocenters. The van der Waals surface area contributed by atoms with E-state index in [9.17, 15) is 29.1 Å². The maximum atomic E-state index is 14.1. The molecular weight excluding hydrogens is 592 g/mol. The van der Waals surface area contributed by atoms with E-state index in [0.29, 0.717) is 44.5 Å². The molecule has 2 aliphatic heterocycles. The number of hydrogen-bond donors (Lipinski definition) is 6. The number of nitrogens with zero attached hydrogens (tertiary/aromatic N) is 2. The molecule has 1 saturated heterocycles. The van der Waals surface area contributed by atoms with Crippen LogP contribution in [0.15, 0.2) is 24.3 Å². The first kappa shape index (κ1) is 34.7. The Morgan fingerprint density at radius 3 is 2.42 bits per heavy atom. The molecule has 0 spiro atoms. The second-order valence-electron chi connectivity index (χ2n) is 11.0. The number of unbranched alkanes of at least 4 members (excludes halogenated alkanes) is 1. The predicted octanol–water partition coefficient (Wildman–Crippen LogP) is 0.124. The summed E-state index contributed by atoms with van der Waals surface area (Å²) in [5.41, 5.74) is 13.3. The van der Waals surface area contributed by atoms with Gasteiger partial charge >= 0.3 is 5.97 Å². The summed E-state index contributed by atoms with van der Waals surface area (Å²) in [6.45, 7) is 0.966. The number of likely N-dealkylation sites (tertiary alicyclic amines) is 1. The first-order chi connectivity index (χ1) is 20.6. The van der Waals surface area contributed by atoms with Crippen molar-refractivity contribution in [1.82, 2.24) is 20.4 Å². The molecule has 1 aromatic rings. The summed E-state index contributed by atoms with van der Waals surface area (Å²) in [6, 6.07) is 2.87. The van der Waals surface area contributed by atoms with Crippen LogP contribution in [0.2, 0.25) is 0 Å². The number of rotatable bonds is 15. The van der Waals surface area contributed by atoms with Crippen molar-refractivity contribution >= 4 is 54.0 Å². The number of amides is 4. The number of thiol groups is 1. The Bertz CT molecular complexity index is 1160. The van der Waals surface area contributed by atoms with Gasteiger partial charge in [0, 0.05) is 25.3 Å². The molecule has 0 bridgehead atoms. The van der Waals surface area contributed by atoms with E-state index in [-0.39, 0.29) is 31.0 Å². The summed E-state index contributed by atoms with van der Waals surface area (Å²) in [4.78, 5) is 68.7. The van der Waals surface area contributed by atoms with E-state index in [1.165, 1.54) is 21.6 Å². The molecule has 12 nitrogen and oxygen atoms in total. The van der Waals surface area contributed by atoms with Gasteiger partial charge in [0.1, 0.15) is 24.2 Å². The van der Waals surface area contributed by atoms with Crippen LogP contribution in [0.4, 0.5) is 0 Å². The van der Waals surface area contributed by atoms with E-state index in [1.54, 1.807) is 0 Å². The quantitative estimate of drug-likeness (QED) is 0.115. The van der Waals surface area contributed by atoms with Gasteiger partial charge in [0.25, 0.3) is 0 Å². The van der Waals surface area contributed by atoms with E-state index < -0.39 is 53.9 Å². The normalized spacial score (nSPS) is 20.1. The second-order valence-corrected chi connectivity index (χ2v) is 12.3. The molecule has 3 rings (SSSR count). The van der Waals surface area contributed by atoms with Gasteiger partial charge in [0.05, 0.1) is 6.04 Å². The van der Waals surface area contributed by atoms with Crippen LogP contribution in [-0.2, 0) is 36.9 Å². The van der Waals surface area contributed by atoms with E-state index in [1.807, 2.05) is 30.5 Å². The fraction of sp³-hybridized carbons (Fsp3) is 0.621. The van der Waals surface area contributed by atoms with Gasteiger partial charge in [-0.05, 0) is 61.8 Å². The van der Waals surface area contributed by atoms with Crippen molar-refractivity contribution < 1.29 is 29.1 Å². The summed E-state index contributed by atoms with van der Waals surface area (Å²) in [5, 5.41) is 15.0. The van der Waals surface area contributed by atoms with E-state index >= 15 is 0 Å². The van der Waals surface area contributed by atoms with Crippen LogP contribution in [0.1, 0.15) is 49.7 Å². The highest BCUT2D eigenvalue weighted by Gasteiger charge is 2.44. The third-order valence-corrected chi connectivity index (χ3v) is 8.99. The van der Waals surface area contributed by atoms with Crippen LogP contribution in [0, 0.1) is 0 Å². The van der Waals surface area contributed by atoms with Gasteiger partial charge in [-0.1, -0.05) is 30.7 Å². The van der Waals surface area contributed by atoms with Crippen molar-refractivity contribution in [3.63, 3.8) is 0 Å². The summed E-state index contributed by atoms with van der Waals surface area (Å²) < 4.78 is 0. The third kappa shape index (κ3) is 9.10. The molecule has 2 heterocycles. The Labute approximate surface area is 262 Å². The Morgan fingerprint density at radius 2 is 1.77 bits per heavy atom. The Kier molecular flexibility index (Phi) is 13.6. The van der Waals surface area contributed by atoms with Gasteiger partial charge in [-0.2, -0.15) is 24.4 Å². The summed E-state index contributed by atoms with van der Waals surface area (Å²) in [5.74, 6) is -2.40. The van der Waals surface area contributed by atoms with Gasteiger partial charge in [-0.25, -0.2) is 4.79 Å². The average molecular weight is 637 g/mol. The molecule has 0 radical (unpaired) electrons. The van der Waals surface area contributed by atoms with Crippen LogP contribution >= 0.6 is 24.4 Å². The number of carbonyl (C=O) groups is 5. The molecule has 7 N–H and O–H groups in total. The minimum atomic E-state index is -1.14. The molecule has 14 heteroatoms. The number of fused-ring (bicyclic) bond motifs is 1. The van der Waals surface area contributed by atoms with E-state index in [2.05, 4.69) is 23.3 Å². The van der Waals surface area contributed by atoms with Crippen LogP contribution in [0.25, 0.3) is 0 Å². The number of carbonyl (C=O) groups excluding carboxylic acids is 4. The highest BCUT2D eigenvalue weighted by atomic mass is 32.2. The fourth-order valence-electron chi connectivity index (χ4n) is 5.53. The van der Waals surface area contributed by atoms with E-state index in [4.69, 9.17) is 11.5 Å². The molecule has 43 heavy (non-hydrogen) atoms. The first-order valence-corrected chi connectivity index (χ1v) is 16.7. The standard InChI is InChI=1S/C29H44N6O6S2/c1-43-14-11-21(29(40)41)32-26(37)24-15-18-7-2-3-8-19(18)16-35(24)28(39)23-10-6-13-34(23)27(38)22(17-42)33-25(36)20(31)9-4-5-12-30/h2-3,7-8,20-24,42H,4-6,9-17,30-31H2,1H3,(H,32,37)(H,33,36)(H,40,41)/t20-,21-,22-,23+,24+/m0/s1. The molecule has 0 aliphatic carbocycles. The smallest absolute Gasteiger partial charge is 0.326 e. The number of aliphatic carboxylic acids is 1. The van der Waals surface area contributed by atoms with Crippen molar-refractivity contribution in [3.8, 4) is 0 Å².